The summed E-state index contributed by atoms with van der Waals surface area (Å²) < 4.78 is 6.97. The number of hydrogen-bond acceptors (Lipinski definition) is 3. The lowest BCUT2D eigenvalue weighted by Gasteiger charge is -2.13. The Kier molecular flexibility index (Phi) is 6.85. The molecule has 0 saturated heterocycles. The minimum Gasteiger partial charge on any atom is -0.385 e. The number of methoxy groups -OCH3 is 1. The van der Waals surface area contributed by atoms with Crippen LogP contribution < -0.4 is 5.32 Å². The Hall–Kier alpha value is -0.870. The highest BCUT2D eigenvalue weighted by Crippen LogP contribution is 1.95. The first-order valence-corrected chi connectivity index (χ1v) is 6.02. The van der Waals surface area contributed by atoms with Gasteiger partial charge in [-0.1, -0.05) is 0 Å². The van der Waals surface area contributed by atoms with Gasteiger partial charge in [0, 0.05) is 32.2 Å². The fourth-order valence-corrected chi connectivity index (χ4v) is 1.65. The Morgan fingerprint density at radius 3 is 2.94 bits per heavy atom. The summed E-state index contributed by atoms with van der Waals surface area (Å²) in [6.45, 7) is 5.08. The number of rotatable bonds is 9. The Bertz CT molecular complexity index is 249. The fourth-order valence-electron chi connectivity index (χ4n) is 1.65. The van der Waals surface area contributed by atoms with E-state index in [0.717, 1.165) is 26.1 Å². The molecule has 4 heteroatoms. The minimum absolute atomic E-state index is 0.474. The second kappa shape index (κ2) is 8.30. The van der Waals surface area contributed by atoms with Crippen molar-refractivity contribution in [1.29, 1.82) is 0 Å². The monoisotopic (exact) mass is 225 g/mol. The first kappa shape index (κ1) is 13.2. The summed E-state index contributed by atoms with van der Waals surface area (Å²) in [5.41, 5.74) is 0. The van der Waals surface area contributed by atoms with Crippen molar-refractivity contribution < 1.29 is 4.74 Å². The van der Waals surface area contributed by atoms with Crippen LogP contribution >= 0.6 is 0 Å². The van der Waals surface area contributed by atoms with Crippen LogP contribution in [0, 0.1) is 0 Å². The Morgan fingerprint density at radius 1 is 1.38 bits per heavy atom. The highest BCUT2D eigenvalue weighted by atomic mass is 16.5. The fraction of sp³-hybridized carbons (Fsp3) is 0.750. The zero-order valence-corrected chi connectivity index (χ0v) is 10.4. The van der Waals surface area contributed by atoms with Crippen LogP contribution in [0.15, 0.2) is 18.5 Å². The van der Waals surface area contributed by atoms with Gasteiger partial charge in [0.2, 0.25) is 0 Å². The second-order valence-electron chi connectivity index (χ2n) is 4.14. The summed E-state index contributed by atoms with van der Waals surface area (Å²) in [6, 6.07) is 2.43. The molecule has 92 valence electrons. The van der Waals surface area contributed by atoms with E-state index in [1.54, 1.807) is 7.11 Å². The molecule has 1 N–H and O–H groups in total. The molecule has 0 aromatic carbocycles. The third-order valence-corrected chi connectivity index (χ3v) is 2.54. The normalized spacial score (nSPS) is 12.9. The molecule has 16 heavy (non-hydrogen) atoms. The molecule has 0 aliphatic heterocycles. The number of ether oxygens (including phenoxy) is 1. The Morgan fingerprint density at radius 2 is 2.25 bits per heavy atom. The lowest BCUT2D eigenvalue weighted by molar-refractivity contribution is 0.192. The zero-order valence-electron chi connectivity index (χ0n) is 10.4. The van der Waals surface area contributed by atoms with Gasteiger partial charge < -0.3 is 10.1 Å². The molecule has 1 unspecified atom stereocenters. The van der Waals surface area contributed by atoms with Gasteiger partial charge in [-0.25, -0.2) is 0 Å². The van der Waals surface area contributed by atoms with Gasteiger partial charge >= 0.3 is 0 Å². The molecule has 1 heterocycles. The summed E-state index contributed by atoms with van der Waals surface area (Å²) in [5.74, 6) is 0. The van der Waals surface area contributed by atoms with Crippen molar-refractivity contribution in [3.05, 3.63) is 18.5 Å². The smallest absolute Gasteiger partial charge is 0.0559 e. The van der Waals surface area contributed by atoms with Crippen LogP contribution in [0.1, 0.15) is 26.2 Å². The van der Waals surface area contributed by atoms with E-state index in [1.165, 1.54) is 12.8 Å². The maximum absolute atomic E-state index is 5.01. The second-order valence-corrected chi connectivity index (χ2v) is 4.14. The van der Waals surface area contributed by atoms with Crippen LogP contribution in [-0.2, 0) is 11.3 Å². The molecule has 0 aliphatic rings. The average Bonchev–Trinajstić information content (AvgIpc) is 2.76. The van der Waals surface area contributed by atoms with Gasteiger partial charge in [-0.15, -0.1) is 0 Å². The predicted octanol–water partition coefficient (Wildman–Crippen LogP) is 1.68. The van der Waals surface area contributed by atoms with Crippen molar-refractivity contribution in [2.75, 3.05) is 20.3 Å². The first-order chi connectivity index (χ1) is 7.83. The molecule has 0 spiro atoms. The Labute approximate surface area is 98.0 Å². The van der Waals surface area contributed by atoms with E-state index >= 15 is 0 Å². The van der Waals surface area contributed by atoms with Crippen LogP contribution in [0.3, 0.4) is 0 Å². The maximum Gasteiger partial charge on any atom is 0.0559 e. The van der Waals surface area contributed by atoms with Crippen LogP contribution in [0.25, 0.3) is 0 Å². The van der Waals surface area contributed by atoms with Gasteiger partial charge in [-0.3, -0.25) is 4.68 Å². The van der Waals surface area contributed by atoms with E-state index < -0.39 is 0 Å². The van der Waals surface area contributed by atoms with Crippen molar-refractivity contribution in [2.24, 2.45) is 0 Å². The lowest BCUT2D eigenvalue weighted by atomic mass is 10.2. The number of unbranched alkanes of at least 4 members (excludes halogenated alkanes) is 2. The average molecular weight is 225 g/mol. The minimum atomic E-state index is 0.474. The van der Waals surface area contributed by atoms with Gasteiger partial charge in [0.05, 0.1) is 6.54 Å². The van der Waals surface area contributed by atoms with Crippen molar-refractivity contribution in [2.45, 2.75) is 38.8 Å². The summed E-state index contributed by atoms with van der Waals surface area (Å²) >= 11 is 0. The predicted molar refractivity (Wildman–Crippen MR) is 65.4 cm³/mol. The number of nitrogens with one attached hydrogen (secondary N) is 1. The Balaban J connectivity index is 1.96. The van der Waals surface area contributed by atoms with Gasteiger partial charge in [0.25, 0.3) is 0 Å². The van der Waals surface area contributed by atoms with Crippen molar-refractivity contribution in [3.63, 3.8) is 0 Å². The molecule has 1 aromatic heterocycles. The molecule has 0 amide bonds. The third kappa shape index (κ3) is 5.88. The van der Waals surface area contributed by atoms with E-state index in [9.17, 15) is 0 Å². The van der Waals surface area contributed by atoms with Crippen LogP contribution in [-0.4, -0.2) is 36.1 Å². The summed E-state index contributed by atoms with van der Waals surface area (Å²) in [7, 11) is 1.75. The van der Waals surface area contributed by atoms with Crippen molar-refractivity contribution in [3.8, 4) is 0 Å². The maximum atomic E-state index is 5.01. The van der Waals surface area contributed by atoms with Crippen LogP contribution in [0.4, 0.5) is 0 Å². The zero-order chi connectivity index (χ0) is 11.6. The van der Waals surface area contributed by atoms with E-state index in [0.29, 0.717) is 6.04 Å². The van der Waals surface area contributed by atoms with Crippen molar-refractivity contribution in [1.82, 2.24) is 15.1 Å². The van der Waals surface area contributed by atoms with Gasteiger partial charge in [-0.2, -0.15) is 5.10 Å². The van der Waals surface area contributed by atoms with E-state index in [4.69, 9.17) is 4.74 Å². The van der Waals surface area contributed by atoms with E-state index in [-0.39, 0.29) is 0 Å². The largest absolute Gasteiger partial charge is 0.385 e. The molecule has 0 fully saturated rings. The summed E-state index contributed by atoms with van der Waals surface area (Å²) in [6.07, 6.45) is 7.42. The molecule has 1 aromatic rings. The molecule has 0 saturated carbocycles. The van der Waals surface area contributed by atoms with Crippen molar-refractivity contribution >= 4 is 0 Å². The quantitative estimate of drug-likeness (QED) is 0.650. The number of nitrogens with zero attached hydrogens (tertiary/aromatic N) is 2. The molecule has 0 aliphatic carbocycles. The molecule has 0 bridgehead atoms. The van der Waals surface area contributed by atoms with E-state index in [1.807, 2.05) is 23.1 Å². The lowest BCUT2D eigenvalue weighted by Crippen LogP contribution is -2.31. The highest BCUT2D eigenvalue weighted by Gasteiger charge is 2.01. The molecule has 0 radical (unpaired) electrons. The summed E-state index contributed by atoms with van der Waals surface area (Å²) in [5, 5.41) is 7.68. The first-order valence-electron chi connectivity index (χ1n) is 6.02. The topological polar surface area (TPSA) is 39.1 Å². The summed E-state index contributed by atoms with van der Waals surface area (Å²) in [4.78, 5) is 0. The molecule has 1 rings (SSSR count). The third-order valence-electron chi connectivity index (χ3n) is 2.54. The van der Waals surface area contributed by atoms with Gasteiger partial charge in [-0.05, 0) is 38.8 Å². The molecule has 1 atom stereocenters. The van der Waals surface area contributed by atoms with Crippen LogP contribution in [0.5, 0.6) is 0 Å². The molecular weight excluding hydrogens is 202 g/mol. The molecule has 4 nitrogen and oxygen atoms in total. The highest BCUT2D eigenvalue weighted by molar-refractivity contribution is 4.78. The number of hydrogen-bond donors (Lipinski definition) is 1. The molecular formula is C12H23N3O. The number of aromatic nitrogens is 2. The van der Waals surface area contributed by atoms with Crippen LogP contribution in [0.2, 0.25) is 0 Å². The SMILES string of the molecule is COCCCCCNC(C)Cn1cccn1. The standard InChI is InChI=1S/C12H23N3O/c1-12(11-15-9-6-8-14-15)13-7-4-3-5-10-16-2/h6,8-9,12-13H,3-5,7,10-11H2,1-2H3. The van der Waals surface area contributed by atoms with E-state index in [2.05, 4.69) is 17.3 Å². The van der Waals surface area contributed by atoms with Gasteiger partial charge in [0.15, 0.2) is 0 Å². The van der Waals surface area contributed by atoms with Gasteiger partial charge in [0.1, 0.15) is 0 Å².